The van der Waals surface area contributed by atoms with E-state index in [0.717, 1.165) is 28.4 Å². The van der Waals surface area contributed by atoms with E-state index in [2.05, 4.69) is 34.4 Å². The van der Waals surface area contributed by atoms with E-state index in [9.17, 15) is 4.79 Å². The molecule has 0 aliphatic carbocycles. The maximum absolute atomic E-state index is 12.6. The number of anilines is 3. The van der Waals surface area contributed by atoms with E-state index in [1.165, 1.54) is 0 Å². The minimum absolute atomic E-state index is 0.202. The zero-order valence-corrected chi connectivity index (χ0v) is 18.1. The Bertz CT molecular complexity index is 996. The molecule has 1 unspecified atom stereocenters. The third kappa shape index (κ3) is 5.56. The number of carbonyl (C=O) groups excluding carboxylic acids is 1. The number of nitrogens with zero attached hydrogens (tertiary/aromatic N) is 2. The summed E-state index contributed by atoms with van der Waals surface area (Å²) in [7, 11) is 0. The lowest BCUT2D eigenvalue weighted by Crippen LogP contribution is -2.30. The van der Waals surface area contributed by atoms with Crippen molar-refractivity contribution >= 4 is 23.2 Å². The van der Waals surface area contributed by atoms with Gasteiger partial charge in [0.25, 0.3) is 5.91 Å². The summed E-state index contributed by atoms with van der Waals surface area (Å²) in [6.07, 6.45) is -0.619. The van der Waals surface area contributed by atoms with Crippen LogP contribution in [0.3, 0.4) is 0 Å². The number of hydrogen-bond acceptors (Lipinski definition) is 5. The van der Waals surface area contributed by atoms with Crippen LogP contribution in [0.4, 0.5) is 17.3 Å². The predicted molar refractivity (Wildman–Crippen MR) is 120 cm³/mol. The predicted octanol–water partition coefficient (Wildman–Crippen LogP) is 5.37. The monoisotopic (exact) mass is 404 g/mol. The minimum Gasteiger partial charge on any atom is -0.481 e. The fraction of sp³-hybridized carbons (Fsp3) is 0.292. The van der Waals surface area contributed by atoms with Crippen molar-refractivity contribution in [3.05, 3.63) is 71.5 Å². The van der Waals surface area contributed by atoms with Crippen LogP contribution in [0.2, 0.25) is 0 Å². The van der Waals surface area contributed by atoms with Gasteiger partial charge in [0.1, 0.15) is 5.75 Å². The number of aromatic nitrogens is 2. The molecular weight excluding hydrogens is 376 g/mol. The van der Waals surface area contributed by atoms with Gasteiger partial charge in [0, 0.05) is 22.8 Å². The Kier molecular flexibility index (Phi) is 6.67. The number of para-hydroxylation sites is 1. The van der Waals surface area contributed by atoms with Gasteiger partial charge in [0.2, 0.25) is 5.95 Å². The van der Waals surface area contributed by atoms with Gasteiger partial charge in [-0.05, 0) is 68.7 Å². The Morgan fingerprint density at radius 2 is 1.50 bits per heavy atom. The fourth-order valence-electron chi connectivity index (χ4n) is 3.10. The van der Waals surface area contributed by atoms with Gasteiger partial charge in [-0.1, -0.05) is 32.0 Å². The zero-order chi connectivity index (χ0) is 21.7. The van der Waals surface area contributed by atoms with Crippen LogP contribution >= 0.6 is 0 Å². The number of amides is 1. The number of aryl methyl sites for hydroxylation is 2. The normalized spacial score (nSPS) is 11.8. The minimum atomic E-state index is -0.619. The van der Waals surface area contributed by atoms with Crippen molar-refractivity contribution in [2.45, 2.75) is 46.6 Å². The Morgan fingerprint density at radius 3 is 2.13 bits per heavy atom. The molecule has 0 saturated carbocycles. The standard InChI is InChI=1S/C24H28N4O2/c1-15(2)21-8-6-7-9-22(21)30-18(5)23(29)27-19-10-12-20(13-11-19)28-24-25-16(3)14-17(4)26-24/h6-15,18H,1-5H3,(H,27,29)(H,25,26,28). The van der Waals surface area contributed by atoms with Gasteiger partial charge in [-0.15, -0.1) is 0 Å². The van der Waals surface area contributed by atoms with Gasteiger partial charge in [-0.3, -0.25) is 4.79 Å². The summed E-state index contributed by atoms with van der Waals surface area (Å²) in [6, 6.07) is 17.1. The van der Waals surface area contributed by atoms with Gasteiger partial charge >= 0.3 is 0 Å². The molecule has 1 aromatic heterocycles. The third-order valence-electron chi connectivity index (χ3n) is 4.60. The molecule has 2 N–H and O–H groups in total. The van der Waals surface area contributed by atoms with Crippen molar-refractivity contribution in [1.82, 2.24) is 9.97 Å². The Morgan fingerprint density at radius 1 is 0.900 bits per heavy atom. The molecule has 0 radical (unpaired) electrons. The molecule has 1 amide bonds. The molecule has 30 heavy (non-hydrogen) atoms. The molecular formula is C24H28N4O2. The van der Waals surface area contributed by atoms with Gasteiger partial charge in [0.15, 0.2) is 6.10 Å². The summed E-state index contributed by atoms with van der Waals surface area (Å²) in [5, 5.41) is 6.08. The summed E-state index contributed by atoms with van der Waals surface area (Å²) in [5.74, 6) is 1.41. The second-order valence-corrected chi connectivity index (χ2v) is 7.62. The van der Waals surface area contributed by atoms with Crippen molar-refractivity contribution in [2.75, 3.05) is 10.6 Å². The number of carbonyl (C=O) groups is 1. The SMILES string of the molecule is Cc1cc(C)nc(Nc2ccc(NC(=O)C(C)Oc3ccccc3C(C)C)cc2)n1. The van der Waals surface area contributed by atoms with Crippen LogP contribution in [-0.2, 0) is 4.79 Å². The van der Waals surface area contributed by atoms with Crippen LogP contribution in [0.5, 0.6) is 5.75 Å². The number of rotatable bonds is 7. The molecule has 6 nitrogen and oxygen atoms in total. The molecule has 3 aromatic rings. The van der Waals surface area contributed by atoms with E-state index in [1.807, 2.05) is 68.4 Å². The largest absolute Gasteiger partial charge is 0.481 e. The fourth-order valence-corrected chi connectivity index (χ4v) is 3.10. The zero-order valence-electron chi connectivity index (χ0n) is 18.1. The summed E-state index contributed by atoms with van der Waals surface area (Å²) in [6.45, 7) is 9.82. The van der Waals surface area contributed by atoms with E-state index in [4.69, 9.17) is 4.74 Å². The van der Waals surface area contributed by atoms with Crippen LogP contribution in [0.25, 0.3) is 0 Å². The van der Waals surface area contributed by atoms with Crippen LogP contribution in [0, 0.1) is 13.8 Å². The molecule has 6 heteroatoms. The van der Waals surface area contributed by atoms with Gasteiger partial charge in [0.05, 0.1) is 0 Å². The number of hydrogen-bond donors (Lipinski definition) is 2. The molecule has 0 bridgehead atoms. The maximum atomic E-state index is 12.6. The van der Waals surface area contributed by atoms with Gasteiger partial charge in [-0.25, -0.2) is 9.97 Å². The molecule has 0 saturated heterocycles. The molecule has 0 spiro atoms. The molecule has 0 fully saturated rings. The van der Waals surface area contributed by atoms with Crippen molar-refractivity contribution < 1.29 is 9.53 Å². The highest BCUT2D eigenvalue weighted by atomic mass is 16.5. The number of nitrogens with one attached hydrogen (secondary N) is 2. The average Bonchev–Trinajstić information content (AvgIpc) is 2.69. The average molecular weight is 405 g/mol. The Labute approximate surface area is 177 Å². The molecule has 1 heterocycles. The first-order chi connectivity index (χ1) is 14.3. The highest BCUT2D eigenvalue weighted by Crippen LogP contribution is 2.27. The lowest BCUT2D eigenvalue weighted by Gasteiger charge is -2.18. The van der Waals surface area contributed by atoms with E-state index in [-0.39, 0.29) is 5.91 Å². The lowest BCUT2D eigenvalue weighted by atomic mass is 10.0. The molecule has 2 aromatic carbocycles. The summed E-state index contributed by atoms with van der Waals surface area (Å²) < 4.78 is 5.92. The van der Waals surface area contributed by atoms with Crippen molar-refractivity contribution in [3.63, 3.8) is 0 Å². The van der Waals surface area contributed by atoms with Gasteiger partial charge < -0.3 is 15.4 Å². The second-order valence-electron chi connectivity index (χ2n) is 7.62. The highest BCUT2D eigenvalue weighted by Gasteiger charge is 2.17. The first kappa shape index (κ1) is 21.3. The Hall–Kier alpha value is -3.41. The molecule has 0 aliphatic heterocycles. The topological polar surface area (TPSA) is 76.1 Å². The summed E-state index contributed by atoms with van der Waals surface area (Å²) >= 11 is 0. The van der Waals surface area contributed by atoms with Crippen molar-refractivity contribution in [2.24, 2.45) is 0 Å². The van der Waals surface area contributed by atoms with E-state index < -0.39 is 6.10 Å². The molecule has 156 valence electrons. The smallest absolute Gasteiger partial charge is 0.265 e. The van der Waals surface area contributed by atoms with Crippen LogP contribution in [0.1, 0.15) is 43.6 Å². The Balaban J connectivity index is 1.61. The van der Waals surface area contributed by atoms with E-state index >= 15 is 0 Å². The van der Waals surface area contributed by atoms with Crippen LogP contribution in [-0.4, -0.2) is 22.0 Å². The van der Waals surface area contributed by atoms with Crippen LogP contribution < -0.4 is 15.4 Å². The molecule has 1 atom stereocenters. The quantitative estimate of drug-likeness (QED) is 0.554. The summed E-state index contributed by atoms with van der Waals surface area (Å²) in [4.78, 5) is 21.3. The molecule has 3 rings (SSSR count). The van der Waals surface area contributed by atoms with E-state index in [0.29, 0.717) is 17.6 Å². The first-order valence-electron chi connectivity index (χ1n) is 10.1. The van der Waals surface area contributed by atoms with Crippen molar-refractivity contribution in [1.29, 1.82) is 0 Å². The maximum Gasteiger partial charge on any atom is 0.265 e. The number of benzene rings is 2. The highest BCUT2D eigenvalue weighted by molar-refractivity contribution is 5.94. The third-order valence-corrected chi connectivity index (χ3v) is 4.60. The van der Waals surface area contributed by atoms with Crippen LogP contribution in [0.15, 0.2) is 54.6 Å². The van der Waals surface area contributed by atoms with Crippen molar-refractivity contribution in [3.8, 4) is 5.75 Å². The van der Waals surface area contributed by atoms with E-state index in [1.54, 1.807) is 6.92 Å². The van der Waals surface area contributed by atoms with Gasteiger partial charge in [-0.2, -0.15) is 0 Å². The second kappa shape index (κ2) is 9.39. The molecule has 0 aliphatic rings. The first-order valence-corrected chi connectivity index (χ1v) is 10.1. The lowest BCUT2D eigenvalue weighted by molar-refractivity contribution is -0.122. The number of ether oxygens (including phenoxy) is 1. The summed E-state index contributed by atoms with van der Waals surface area (Å²) in [5.41, 5.74) is 4.43.